The molecule has 0 bridgehead atoms. The van der Waals surface area contributed by atoms with Crippen molar-refractivity contribution in [3.63, 3.8) is 0 Å². The third-order valence-electron chi connectivity index (χ3n) is 3.91. The smallest absolute Gasteiger partial charge is 0.189 e. The zero-order valence-electron chi connectivity index (χ0n) is 11.7. The molecule has 1 atom stereocenters. The second-order valence-corrected chi connectivity index (χ2v) is 5.17. The van der Waals surface area contributed by atoms with Gasteiger partial charge in [-0.2, -0.15) is 0 Å². The monoisotopic (exact) mass is 270 g/mol. The van der Waals surface area contributed by atoms with Gasteiger partial charge in [-0.1, -0.05) is 19.1 Å². The Morgan fingerprint density at radius 3 is 2.90 bits per heavy atom. The molecule has 5 nitrogen and oxygen atoms in total. The van der Waals surface area contributed by atoms with Crippen molar-refractivity contribution >= 4 is 22.4 Å². The quantitative estimate of drug-likeness (QED) is 0.893. The van der Waals surface area contributed by atoms with Crippen LogP contribution in [0.15, 0.2) is 30.1 Å². The van der Waals surface area contributed by atoms with Gasteiger partial charge in [0.15, 0.2) is 5.78 Å². The lowest BCUT2D eigenvalue weighted by atomic mass is 10.2. The maximum atomic E-state index is 12.3. The molecule has 1 aliphatic heterocycles. The van der Waals surface area contributed by atoms with Gasteiger partial charge in [0.25, 0.3) is 0 Å². The fourth-order valence-electron chi connectivity index (χ4n) is 2.54. The maximum Gasteiger partial charge on any atom is 0.189 e. The number of H-pyrrole nitrogens is 1. The van der Waals surface area contributed by atoms with Crippen LogP contribution in [-0.4, -0.2) is 33.2 Å². The van der Waals surface area contributed by atoms with Crippen LogP contribution in [-0.2, 0) is 4.79 Å². The molecule has 5 heteroatoms. The summed E-state index contributed by atoms with van der Waals surface area (Å²) in [6, 6.07) is 7.96. The molecule has 2 aromatic rings. The Balaban J connectivity index is 2.07. The van der Waals surface area contributed by atoms with E-state index in [-0.39, 0.29) is 11.8 Å². The largest absolute Gasteiger partial charge is 0.385 e. The van der Waals surface area contributed by atoms with Crippen molar-refractivity contribution in [2.24, 2.45) is 5.73 Å². The van der Waals surface area contributed by atoms with Crippen molar-refractivity contribution in [1.82, 2.24) is 14.9 Å². The fraction of sp³-hybridized carbons (Fsp3) is 0.333. The number of benzene rings is 1. The van der Waals surface area contributed by atoms with E-state index in [2.05, 4.69) is 23.8 Å². The van der Waals surface area contributed by atoms with Crippen molar-refractivity contribution in [3.8, 4) is 0 Å². The summed E-state index contributed by atoms with van der Waals surface area (Å²) in [5, 5.41) is 0. The molecule has 0 unspecified atom stereocenters. The van der Waals surface area contributed by atoms with Gasteiger partial charge in [0.1, 0.15) is 17.2 Å². The van der Waals surface area contributed by atoms with Gasteiger partial charge in [0.05, 0.1) is 17.6 Å². The minimum absolute atomic E-state index is 0.0295. The highest BCUT2D eigenvalue weighted by Crippen LogP contribution is 2.27. The van der Waals surface area contributed by atoms with E-state index in [1.807, 2.05) is 29.2 Å². The van der Waals surface area contributed by atoms with Gasteiger partial charge in [0, 0.05) is 6.04 Å². The molecule has 0 fully saturated rings. The van der Waals surface area contributed by atoms with Crippen molar-refractivity contribution in [1.29, 1.82) is 0 Å². The number of rotatable bonds is 3. The molecular weight excluding hydrogens is 252 g/mol. The van der Waals surface area contributed by atoms with Crippen molar-refractivity contribution in [2.45, 2.75) is 26.3 Å². The summed E-state index contributed by atoms with van der Waals surface area (Å²) in [6.07, 6.45) is 0.946. The van der Waals surface area contributed by atoms with Crippen LogP contribution >= 0.6 is 0 Å². The molecular formula is C15H18N4O. The molecule has 20 heavy (non-hydrogen) atoms. The zero-order valence-corrected chi connectivity index (χ0v) is 11.7. The highest BCUT2D eigenvalue weighted by Gasteiger charge is 2.32. The summed E-state index contributed by atoms with van der Waals surface area (Å²) in [4.78, 5) is 21.9. The molecule has 104 valence electrons. The van der Waals surface area contributed by atoms with Gasteiger partial charge >= 0.3 is 0 Å². The standard InChI is InChI=1S/C15H18N4O/c1-3-9(2)19-8-12(20)13(14(19)16)15-17-10-6-4-5-7-11(10)18-15/h4-7,9H,3,8,16H2,1-2H3,(H,17,18)/t9-/m0/s1. The molecule has 3 N–H and O–H groups in total. The Bertz CT molecular complexity index is 668. The number of carbonyl (C=O) groups is 1. The highest BCUT2D eigenvalue weighted by molar-refractivity contribution is 6.23. The third kappa shape index (κ3) is 1.86. The molecule has 0 aliphatic carbocycles. The van der Waals surface area contributed by atoms with Crippen molar-refractivity contribution in [3.05, 3.63) is 35.9 Å². The lowest BCUT2D eigenvalue weighted by molar-refractivity contribution is -0.113. The lowest BCUT2D eigenvalue weighted by Gasteiger charge is -2.25. The van der Waals surface area contributed by atoms with Crippen LogP contribution < -0.4 is 5.73 Å². The summed E-state index contributed by atoms with van der Waals surface area (Å²) >= 11 is 0. The third-order valence-corrected chi connectivity index (χ3v) is 3.91. The fourth-order valence-corrected chi connectivity index (χ4v) is 2.54. The molecule has 1 aromatic heterocycles. The second-order valence-electron chi connectivity index (χ2n) is 5.17. The maximum absolute atomic E-state index is 12.3. The van der Waals surface area contributed by atoms with Crippen LogP contribution in [0, 0.1) is 0 Å². The first kappa shape index (κ1) is 12.7. The minimum atomic E-state index is 0.0295. The summed E-state index contributed by atoms with van der Waals surface area (Å²) in [5.74, 6) is 1.13. The summed E-state index contributed by atoms with van der Waals surface area (Å²) in [7, 11) is 0. The van der Waals surface area contributed by atoms with E-state index < -0.39 is 0 Å². The lowest BCUT2D eigenvalue weighted by Crippen LogP contribution is -2.33. The predicted octanol–water partition coefficient (Wildman–Crippen LogP) is 1.87. The molecule has 1 aliphatic rings. The number of ketones is 1. The van der Waals surface area contributed by atoms with E-state index in [0.29, 0.717) is 23.8 Å². The number of para-hydroxylation sites is 2. The number of nitrogens with one attached hydrogen (secondary N) is 1. The van der Waals surface area contributed by atoms with E-state index in [9.17, 15) is 4.79 Å². The van der Waals surface area contributed by atoms with Gasteiger partial charge in [-0.3, -0.25) is 4.79 Å². The Hall–Kier alpha value is -2.30. The average molecular weight is 270 g/mol. The van der Waals surface area contributed by atoms with Crippen LogP contribution in [0.5, 0.6) is 0 Å². The van der Waals surface area contributed by atoms with Gasteiger partial charge in [0.2, 0.25) is 0 Å². The van der Waals surface area contributed by atoms with Gasteiger partial charge in [-0.05, 0) is 25.5 Å². The number of imidazole rings is 1. The molecule has 0 saturated heterocycles. The molecule has 2 heterocycles. The number of Topliss-reactive ketones (excluding diaryl/α,β-unsaturated/α-hetero) is 1. The van der Waals surface area contributed by atoms with E-state index in [0.717, 1.165) is 17.5 Å². The van der Waals surface area contributed by atoms with Gasteiger partial charge < -0.3 is 15.6 Å². The molecule has 0 amide bonds. The number of fused-ring (bicyclic) bond motifs is 1. The Kier molecular flexibility index (Phi) is 2.97. The van der Waals surface area contributed by atoms with Gasteiger partial charge in [-0.15, -0.1) is 0 Å². The second kappa shape index (κ2) is 4.67. The van der Waals surface area contributed by atoms with Crippen LogP contribution in [0.2, 0.25) is 0 Å². The molecule has 1 aromatic carbocycles. The number of nitrogens with zero attached hydrogens (tertiary/aromatic N) is 2. The molecule has 0 spiro atoms. The SMILES string of the molecule is CC[C@H](C)N1CC(=O)C(c2nc3ccccc3[nH]2)=C1N. The van der Waals surface area contributed by atoms with Crippen molar-refractivity contribution in [2.75, 3.05) is 6.54 Å². The number of aromatic nitrogens is 2. The summed E-state index contributed by atoms with van der Waals surface area (Å²) < 4.78 is 0. The highest BCUT2D eigenvalue weighted by atomic mass is 16.1. The first-order valence-electron chi connectivity index (χ1n) is 6.86. The number of hydrogen-bond donors (Lipinski definition) is 2. The first-order valence-corrected chi connectivity index (χ1v) is 6.86. The number of nitrogens with two attached hydrogens (primary N) is 1. The van der Waals surface area contributed by atoms with E-state index in [4.69, 9.17) is 5.73 Å². The van der Waals surface area contributed by atoms with Crippen LogP contribution in [0.4, 0.5) is 0 Å². The number of carbonyl (C=O) groups excluding carboxylic acids is 1. The van der Waals surface area contributed by atoms with Crippen LogP contribution in [0.25, 0.3) is 16.6 Å². The Labute approximate surface area is 117 Å². The number of hydrogen-bond acceptors (Lipinski definition) is 4. The minimum Gasteiger partial charge on any atom is -0.385 e. The van der Waals surface area contributed by atoms with E-state index in [1.165, 1.54) is 0 Å². The molecule has 3 rings (SSSR count). The Morgan fingerprint density at radius 1 is 1.45 bits per heavy atom. The van der Waals surface area contributed by atoms with Crippen LogP contribution in [0.1, 0.15) is 26.1 Å². The number of aromatic amines is 1. The van der Waals surface area contributed by atoms with Gasteiger partial charge in [-0.25, -0.2) is 4.98 Å². The molecule has 0 saturated carbocycles. The molecule has 0 radical (unpaired) electrons. The Morgan fingerprint density at radius 2 is 2.20 bits per heavy atom. The predicted molar refractivity (Wildman–Crippen MR) is 78.7 cm³/mol. The van der Waals surface area contributed by atoms with Crippen molar-refractivity contribution < 1.29 is 4.79 Å². The zero-order chi connectivity index (χ0) is 14.3. The van der Waals surface area contributed by atoms with E-state index in [1.54, 1.807) is 0 Å². The van der Waals surface area contributed by atoms with Crippen LogP contribution in [0.3, 0.4) is 0 Å². The summed E-state index contributed by atoms with van der Waals surface area (Å²) in [5.41, 5.74) is 8.44. The normalized spacial score (nSPS) is 17.3. The average Bonchev–Trinajstić information content (AvgIpc) is 2.98. The summed E-state index contributed by atoms with van der Waals surface area (Å²) in [6.45, 7) is 4.50. The first-order chi connectivity index (χ1) is 9.61. The van der Waals surface area contributed by atoms with E-state index >= 15 is 0 Å². The topological polar surface area (TPSA) is 75.0 Å².